The fourth-order valence-electron chi connectivity index (χ4n) is 2.94. The molecule has 0 saturated carbocycles. The van der Waals surface area contributed by atoms with E-state index in [2.05, 4.69) is 10.0 Å². The molecular weight excluding hydrogens is 468 g/mol. The maximum absolute atomic E-state index is 12.4. The minimum atomic E-state index is -3.69. The summed E-state index contributed by atoms with van der Waals surface area (Å²) < 4.78 is 43.4. The number of thiophene rings is 1. The van der Waals surface area contributed by atoms with Gasteiger partial charge in [-0.25, -0.2) is 13.2 Å². The maximum Gasteiger partial charge on any atom is 0.338 e. The van der Waals surface area contributed by atoms with Gasteiger partial charge in [0.2, 0.25) is 0 Å². The monoisotopic (exact) mass is 488 g/mol. The molecular formula is C22H20N2O7S2. The van der Waals surface area contributed by atoms with E-state index < -0.39 is 28.0 Å². The van der Waals surface area contributed by atoms with Crippen molar-refractivity contribution in [2.75, 3.05) is 23.3 Å². The van der Waals surface area contributed by atoms with Crippen LogP contribution in [-0.2, 0) is 19.6 Å². The van der Waals surface area contributed by atoms with Gasteiger partial charge in [0.1, 0.15) is 17.4 Å². The van der Waals surface area contributed by atoms with Gasteiger partial charge in [0.05, 0.1) is 5.56 Å². The molecule has 1 amide bonds. The molecule has 1 aliphatic rings. The average Bonchev–Trinajstić information content (AvgIpc) is 3.35. The summed E-state index contributed by atoms with van der Waals surface area (Å²) >= 11 is 1.10. The predicted octanol–water partition coefficient (Wildman–Crippen LogP) is 3.50. The molecule has 2 heterocycles. The zero-order chi connectivity index (χ0) is 23.4. The lowest BCUT2D eigenvalue weighted by atomic mass is 10.2. The Kier molecular flexibility index (Phi) is 6.52. The topological polar surface area (TPSA) is 120 Å². The van der Waals surface area contributed by atoms with Crippen LogP contribution in [0.1, 0.15) is 17.3 Å². The highest BCUT2D eigenvalue weighted by Gasteiger charge is 2.21. The number of benzene rings is 2. The fourth-order valence-corrected chi connectivity index (χ4v) is 4.99. The largest absolute Gasteiger partial charge is 0.486 e. The van der Waals surface area contributed by atoms with Crippen molar-refractivity contribution in [1.29, 1.82) is 0 Å². The van der Waals surface area contributed by atoms with Crippen LogP contribution in [0.2, 0.25) is 0 Å². The summed E-state index contributed by atoms with van der Waals surface area (Å²) in [6.07, 6.45) is -1.07. The molecule has 172 valence electrons. The van der Waals surface area contributed by atoms with Crippen molar-refractivity contribution in [3.63, 3.8) is 0 Å². The molecule has 3 aromatic rings. The van der Waals surface area contributed by atoms with E-state index in [9.17, 15) is 18.0 Å². The van der Waals surface area contributed by atoms with Gasteiger partial charge in [0.15, 0.2) is 17.6 Å². The first-order valence-corrected chi connectivity index (χ1v) is 12.3. The summed E-state index contributed by atoms with van der Waals surface area (Å²) in [4.78, 5) is 24.8. The van der Waals surface area contributed by atoms with Crippen molar-refractivity contribution < 1.29 is 32.2 Å². The number of rotatable bonds is 7. The number of esters is 1. The smallest absolute Gasteiger partial charge is 0.338 e. The van der Waals surface area contributed by atoms with Crippen LogP contribution in [0.5, 0.6) is 11.5 Å². The number of amides is 1. The van der Waals surface area contributed by atoms with E-state index in [1.807, 2.05) is 0 Å². The summed E-state index contributed by atoms with van der Waals surface area (Å²) in [7, 11) is -3.69. The number of ether oxygens (including phenoxy) is 3. The molecule has 9 nitrogen and oxygen atoms in total. The summed E-state index contributed by atoms with van der Waals surface area (Å²) in [5.74, 6) is -0.105. The van der Waals surface area contributed by atoms with E-state index in [1.54, 1.807) is 29.6 Å². The Hall–Kier alpha value is -3.57. The minimum Gasteiger partial charge on any atom is -0.486 e. The van der Waals surface area contributed by atoms with Gasteiger partial charge in [0.25, 0.3) is 15.9 Å². The van der Waals surface area contributed by atoms with Gasteiger partial charge in [-0.2, -0.15) is 0 Å². The third-order valence-corrected chi connectivity index (χ3v) is 7.37. The Morgan fingerprint density at radius 2 is 1.70 bits per heavy atom. The van der Waals surface area contributed by atoms with Gasteiger partial charge in [0, 0.05) is 17.4 Å². The van der Waals surface area contributed by atoms with Crippen molar-refractivity contribution in [2.45, 2.75) is 17.2 Å². The van der Waals surface area contributed by atoms with Crippen molar-refractivity contribution >= 4 is 44.6 Å². The lowest BCUT2D eigenvalue weighted by Gasteiger charge is -2.19. The van der Waals surface area contributed by atoms with Gasteiger partial charge in [-0.1, -0.05) is 6.07 Å². The van der Waals surface area contributed by atoms with Crippen LogP contribution < -0.4 is 19.5 Å². The molecule has 0 spiro atoms. The van der Waals surface area contributed by atoms with Crippen molar-refractivity contribution in [3.8, 4) is 11.5 Å². The average molecular weight is 489 g/mol. The first-order valence-electron chi connectivity index (χ1n) is 9.90. The standard InChI is InChI=1S/C22H20N2O7S2/c1-14(21(25)23-17-8-9-18-19(13-17)30-11-10-29-18)31-22(26)15-4-6-16(7-5-15)24-33(27,28)20-3-2-12-32-20/h2-9,12-14,24H,10-11H2,1H3,(H,23,25). The normalized spacial score (nSPS) is 13.6. The van der Waals surface area contributed by atoms with Gasteiger partial charge < -0.3 is 19.5 Å². The number of fused-ring (bicyclic) bond motifs is 1. The van der Waals surface area contributed by atoms with Crippen LogP contribution >= 0.6 is 11.3 Å². The lowest BCUT2D eigenvalue weighted by Crippen LogP contribution is -2.30. The maximum atomic E-state index is 12.4. The molecule has 2 N–H and O–H groups in total. The highest BCUT2D eigenvalue weighted by atomic mass is 32.2. The predicted molar refractivity (Wildman–Crippen MR) is 123 cm³/mol. The number of sulfonamides is 1. The molecule has 2 aromatic carbocycles. The number of carbonyl (C=O) groups excluding carboxylic acids is 2. The van der Waals surface area contributed by atoms with Crippen molar-refractivity contribution in [2.24, 2.45) is 0 Å². The SMILES string of the molecule is CC(OC(=O)c1ccc(NS(=O)(=O)c2cccs2)cc1)C(=O)Nc1ccc2c(c1)OCCO2. The van der Waals surface area contributed by atoms with Crippen LogP contribution in [0.25, 0.3) is 0 Å². The Morgan fingerprint density at radius 3 is 2.39 bits per heavy atom. The van der Waals surface area contributed by atoms with Gasteiger partial charge in [-0.3, -0.25) is 9.52 Å². The molecule has 33 heavy (non-hydrogen) atoms. The number of carbonyl (C=O) groups is 2. The van der Waals surface area contributed by atoms with Crippen molar-refractivity contribution in [3.05, 3.63) is 65.5 Å². The molecule has 0 fully saturated rings. The van der Waals surface area contributed by atoms with E-state index in [0.717, 1.165) is 11.3 Å². The van der Waals surface area contributed by atoms with Crippen LogP contribution in [0.15, 0.2) is 64.2 Å². The lowest BCUT2D eigenvalue weighted by molar-refractivity contribution is -0.123. The van der Waals surface area contributed by atoms with Crippen LogP contribution in [0.4, 0.5) is 11.4 Å². The highest BCUT2D eigenvalue weighted by Crippen LogP contribution is 2.32. The second-order valence-electron chi connectivity index (χ2n) is 7.01. The Bertz CT molecular complexity index is 1260. The second-order valence-corrected chi connectivity index (χ2v) is 9.87. The summed E-state index contributed by atoms with van der Waals surface area (Å²) in [6.45, 7) is 2.34. The second kappa shape index (κ2) is 9.51. The molecule has 1 aliphatic heterocycles. The molecule has 11 heteroatoms. The number of nitrogens with one attached hydrogen (secondary N) is 2. The molecule has 1 aromatic heterocycles. The Morgan fingerprint density at radius 1 is 1.00 bits per heavy atom. The van der Waals surface area contributed by atoms with Crippen LogP contribution in [0.3, 0.4) is 0 Å². The van der Waals surface area contributed by atoms with Gasteiger partial charge in [-0.05, 0) is 54.8 Å². The molecule has 0 saturated heterocycles. The van der Waals surface area contributed by atoms with E-state index in [-0.39, 0.29) is 9.77 Å². The quantitative estimate of drug-likeness (QED) is 0.489. The molecule has 4 rings (SSSR count). The Balaban J connectivity index is 1.34. The van der Waals surface area contributed by atoms with E-state index in [1.165, 1.54) is 37.3 Å². The summed E-state index contributed by atoms with van der Waals surface area (Å²) in [5.41, 5.74) is 0.951. The van der Waals surface area contributed by atoms with Crippen LogP contribution in [-0.4, -0.2) is 39.6 Å². The van der Waals surface area contributed by atoms with Crippen molar-refractivity contribution in [1.82, 2.24) is 0 Å². The van der Waals surface area contributed by atoms with Gasteiger partial charge >= 0.3 is 5.97 Å². The fraction of sp³-hybridized carbons (Fsp3) is 0.182. The van der Waals surface area contributed by atoms with Gasteiger partial charge in [-0.15, -0.1) is 11.3 Å². The minimum absolute atomic E-state index is 0.174. The number of hydrogen-bond acceptors (Lipinski definition) is 8. The highest BCUT2D eigenvalue weighted by molar-refractivity contribution is 7.94. The number of anilines is 2. The number of hydrogen-bond donors (Lipinski definition) is 2. The third kappa shape index (κ3) is 5.44. The molecule has 0 bridgehead atoms. The summed E-state index contributed by atoms with van der Waals surface area (Å²) in [6, 6.07) is 13.9. The van der Waals surface area contributed by atoms with Crippen LogP contribution in [0, 0.1) is 0 Å². The zero-order valence-corrected chi connectivity index (χ0v) is 19.1. The molecule has 1 unspecified atom stereocenters. The zero-order valence-electron chi connectivity index (χ0n) is 17.4. The first kappa shape index (κ1) is 22.6. The molecule has 0 radical (unpaired) electrons. The Labute approximate surface area is 194 Å². The summed E-state index contributed by atoms with van der Waals surface area (Å²) in [5, 5.41) is 4.33. The van der Waals surface area contributed by atoms with E-state index in [4.69, 9.17) is 14.2 Å². The first-order chi connectivity index (χ1) is 15.8. The van der Waals surface area contributed by atoms with E-state index in [0.29, 0.717) is 36.1 Å². The molecule has 1 atom stereocenters. The third-order valence-electron chi connectivity index (χ3n) is 4.60. The van der Waals surface area contributed by atoms with E-state index >= 15 is 0 Å². The molecule has 0 aliphatic carbocycles.